The minimum Gasteiger partial charge on any atom is -0.379 e. The van der Waals surface area contributed by atoms with Crippen molar-refractivity contribution in [3.63, 3.8) is 0 Å². The van der Waals surface area contributed by atoms with Gasteiger partial charge in [-0.15, -0.1) is 11.3 Å². The highest BCUT2D eigenvalue weighted by Crippen LogP contribution is 2.29. The van der Waals surface area contributed by atoms with Gasteiger partial charge >= 0.3 is 6.18 Å². The van der Waals surface area contributed by atoms with Gasteiger partial charge in [-0.1, -0.05) is 0 Å². The number of hydrogen-bond donors (Lipinski definition) is 2. The average molecular weight is 379 g/mol. The van der Waals surface area contributed by atoms with E-state index in [0.29, 0.717) is 17.5 Å². The smallest absolute Gasteiger partial charge is 0.379 e. The molecule has 1 aliphatic heterocycles. The summed E-state index contributed by atoms with van der Waals surface area (Å²) >= 11 is 0.977. The predicted octanol–water partition coefficient (Wildman–Crippen LogP) is 1.94. The van der Waals surface area contributed by atoms with Crippen LogP contribution in [0, 0.1) is 0 Å². The SMILES string of the molecule is CN=C(NCc1nc(C(F)(F)F)cs1)NCC(C)(C)N1CCOCC1. The zero-order chi connectivity index (χ0) is 18.5. The number of thiazole rings is 1. The van der Waals surface area contributed by atoms with Crippen molar-refractivity contribution in [1.82, 2.24) is 20.5 Å². The lowest BCUT2D eigenvalue weighted by molar-refractivity contribution is -0.140. The Hall–Kier alpha value is -1.39. The van der Waals surface area contributed by atoms with Crippen molar-refractivity contribution in [1.29, 1.82) is 0 Å². The minimum absolute atomic E-state index is 0.0912. The highest BCUT2D eigenvalue weighted by atomic mass is 32.1. The van der Waals surface area contributed by atoms with E-state index in [0.717, 1.165) is 43.0 Å². The Morgan fingerprint density at radius 2 is 2.00 bits per heavy atom. The lowest BCUT2D eigenvalue weighted by atomic mass is 10.0. The van der Waals surface area contributed by atoms with Crippen molar-refractivity contribution in [3.05, 3.63) is 16.1 Å². The Kier molecular flexibility index (Phi) is 6.64. The zero-order valence-corrected chi connectivity index (χ0v) is 15.4. The van der Waals surface area contributed by atoms with E-state index in [1.165, 1.54) is 0 Å². The average Bonchev–Trinajstić information content (AvgIpc) is 3.05. The molecule has 1 fully saturated rings. The fourth-order valence-corrected chi connectivity index (χ4v) is 3.22. The van der Waals surface area contributed by atoms with Crippen LogP contribution in [0.4, 0.5) is 13.2 Å². The second-order valence-corrected chi connectivity index (χ2v) is 7.26. The van der Waals surface area contributed by atoms with Crippen molar-refractivity contribution in [3.8, 4) is 0 Å². The zero-order valence-electron chi connectivity index (χ0n) is 14.6. The predicted molar refractivity (Wildman–Crippen MR) is 91.8 cm³/mol. The summed E-state index contributed by atoms with van der Waals surface area (Å²) in [7, 11) is 1.63. The molecule has 1 aromatic rings. The van der Waals surface area contributed by atoms with E-state index in [9.17, 15) is 13.2 Å². The number of rotatable bonds is 5. The van der Waals surface area contributed by atoms with Gasteiger partial charge in [-0.25, -0.2) is 4.98 Å². The molecule has 0 spiro atoms. The molecule has 0 bridgehead atoms. The maximum absolute atomic E-state index is 12.6. The third kappa shape index (κ3) is 5.82. The van der Waals surface area contributed by atoms with Crippen LogP contribution in [0.25, 0.3) is 0 Å². The maximum Gasteiger partial charge on any atom is 0.434 e. The number of aliphatic imine (C=N–C) groups is 1. The summed E-state index contributed by atoms with van der Waals surface area (Å²) in [6, 6.07) is 0. The molecule has 0 aliphatic carbocycles. The number of guanidine groups is 1. The molecule has 25 heavy (non-hydrogen) atoms. The van der Waals surface area contributed by atoms with Crippen LogP contribution in [-0.4, -0.2) is 61.3 Å². The Labute approximate surface area is 149 Å². The molecular weight excluding hydrogens is 355 g/mol. The number of nitrogens with zero attached hydrogens (tertiary/aromatic N) is 3. The van der Waals surface area contributed by atoms with E-state index in [1.807, 2.05) is 0 Å². The van der Waals surface area contributed by atoms with Crippen molar-refractivity contribution < 1.29 is 17.9 Å². The first-order valence-electron chi connectivity index (χ1n) is 8.01. The molecule has 0 unspecified atom stereocenters. The summed E-state index contributed by atoms with van der Waals surface area (Å²) in [5, 5.41) is 7.61. The van der Waals surface area contributed by atoms with Gasteiger partial charge in [0.15, 0.2) is 11.7 Å². The second kappa shape index (κ2) is 8.33. The van der Waals surface area contributed by atoms with Crippen molar-refractivity contribution in [2.24, 2.45) is 4.99 Å². The highest BCUT2D eigenvalue weighted by Gasteiger charge is 2.33. The third-order valence-corrected chi connectivity index (χ3v) is 4.88. The summed E-state index contributed by atoms with van der Waals surface area (Å²) in [5.41, 5.74) is -0.947. The minimum atomic E-state index is -4.41. The van der Waals surface area contributed by atoms with E-state index < -0.39 is 11.9 Å². The first-order chi connectivity index (χ1) is 11.7. The van der Waals surface area contributed by atoms with Crippen LogP contribution in [0.15, 0.2) is 10.4 Å². The quantitative estimate of drug-likeness (QED) is 0.605. The Morgan fingerprint density at radius 3 is 2.56 bits per heavy atom. The van der Waals surface area contributed by atoms with Gasteiger partial charge < -0.3 is 15.4 Å². The summed E-state index contributed by atoms with van der Waals surface area (Å²) in [4.78, 5) is 10.0. The Bertz CT molecular complexity index is 582. The van der Waals surface area contributed by atoms with Crippen LogP contribution in [0.1, 0.15) is 24.5 Å². The third-order valence-electron chi connectivity index (χ3n) is 4.03. The molecule has 2 heterocycles. The molecule has 0 atom stereocenters. The van der Waals surface area contributed by atoms with Gasteiger partial charge in [0.1, 0.15) is 5.01 Å². The first kappa shape index (κ1) is 19.9. The van der Waals surface area contributed by atoms with Crippen molar-refractivity contribution >= 4 is 17.3 Å². The fourth-order valence-electron chi connectivity index (χ4n) is 2.48. The fraction of sp³-hybridized carbons (Fsp3) is 0.733. The van der Waals surface area contributed by atoms with Gasteiger partial charge in [0.25, 0.3) is 0 Å². The van der Waals surface area contributed by atoms with Crippen LogP contribution in [0.3, 0.4) is 0 Å². The standard InChI is InChI=1S/C15H24F3N5OS/c1-14(2,23-4-6-24-7-5-23)10-21-13(19-3)20-8-12-22-11(9-25-12)15(16,17)18/h9H,4-8,10H2,1-3H3,(H2,19,20,21). The molecule has 10 heteroatoms. The van der Waals surface area contributed by atoms with Crippen LogP contribution in [-0.2, 0) is 17.5 Å². The molecule has 0 amide bonds. The summed E-state index contributed by atoms with van der Waals surface area (Å²) in [6.45, 7) is 8.31. The second-order valence-electron chi connectivity index (χ2n) is 6.32. The number of morpholine rings is 1. The summed E-state index contributed by atoms with van der Waals surface area (Å²) in [5.74, 6) is 0.532. The molecule has 2 rings (SSSR count). The largest absolute Gasteiger partial charge is 0.434 e. The highest BCUT2D eigenvalue weighted by molar-refractivity contribution is 7.09. The number of ether oxygens (including phenoxy) is 1. The van der Waals surface area contributed by atoms with Gasteiger partial charge in [0, 0.05) is 37.6 Å². The topological polar surface area (TPSA) is 61.8 Å². The van der Waals surface area contributed by atoms with Crippen molar-refractivity contribution in [2.75, 3.05) is 39.9 Å². The number of nitrogens with one attached hydrogen (secondary N) is 2. The molecule has 2 N–H and O–H groups in total. The molecular formula is C15H24F3N5OS. The number of aromatic nitrogens is 1. The molecule has 0 radical (unpaired) electrons. The number of halogens is 3. The van der Waals surface area contributed by atoms with E-state index >= 15 is 0 Å². The first-order valence-corrected chi connectivity index (χ1v) is 8.89. The number of alkyl halides is 3. The van der Waals surface area contributed by atoms with Crippen LogP contribution < -0.4 is 10.6 Å². The van der Waals surface area contributed by atoms with Gasteiger partial charge in [-0.2, -0.15) is 13.2 Å². The van der Waals surface area contributed by atoms with Crippen LogP contribution in [0.2, 0.25) is 0 Å². The lowest BCUT2D eigenvalue weighted by Crippen LogP contribution is -2.56. The van der Waals surface area contributed by atoms with Gasteiger partial charge in [0.2, 0.25) is 0 Å². The van der Waals surface area contributed by atoms with Gasteiger partial charge in [0.05, 0.1) is 19.8 Å². The normalized spacial score (nSPS) is 17.6. The molecule has 1 aliphatic rings. The van der Waals surface area contributed by atoms with Gasteiger partial charge in [-0.3, -0.25) is 9.89 Å². The van der Waals surface area contributed by atoms with Crippen molar-refractivity contribution in [2.45, 2.75) is 32.1 Å². The summed E-state index contributed by atoms with van der Waals surface area (Å²) < 4.78 is 43.1. The summed E-state index contributed by atoms with van der Waals surface area (Å²) in [6.07, 6.45) is -4.41. The molecule has 0 saturated carbocycles. The Morgan fingerprint density at radius 1 is 1.32 bits per heavy atom. The lowest BCUT2D eigenvalue weighted by Gasteiger charge is -2.41. The molecule has 6 nitrogen and oxygen atoms in total. The van der Waals surface area contributed by atoms with E-state index in [2.05, 4.69) is 39.4 Å². The van der Waals surface area contributed by atoms with Crippen LogP contribution in [0.5, 0.6) is 0 Å². The van der Waals surface area contributed by atoms with E-state index in [1.54, 1.807) is 7.05 Å². The maximum atomic E-state index is 12.6. The molecule has 142 valence electrons. The van der Waals surface area contributed by atoms with Crippen LogP contribution >= 0.6 is 11.3 Å². The molecule has 0 aromatic carbocycles. The monoisotopic (exact) mass is 379 g/mol. The Balaban J connectivity index is 1.83. The van der Waals surface area contributed by atoms with E-state index in [-0.39, 0.29) is 12.1 Å². The molecule has 1 aromatic heterocycles. The van der Waals surface area contributed by atoms with Gasteiger partial charge in [-0.05, 0) is 13.8 Å². The van der Waals surface area contributed by atoms with E-state index in [4.69, 9.17) is 4.74 Å². The number of hydrogen-bond acceptors (Lipinski definition) is 5. The molecule has 1 saturated heterocycles.